The molecule has 1 aromatic rings. The van der Waals surface area contributed by atoms with E-state index in [1.807, 2.05) is 30.3 Å². The van der Waals surface area contributed by atoms with E-state index in [-0.39, 0.29) is 12.5 Å². The molecule has 0 radical (unpaired) electrons. The number of rotatable bonds is 5. The highest BCUT2D eigenvalue weighted by Gasteiger charge is 2.21. The number of hydrogen-bond acceptors (Lipinski definition) is 2. The van der Waals surface area contributed by atoms with E-state index in [0.29, 0.717) is 18.5 Å². The van der Waals surface area contributed by atoms with Gasteiger partial charge in [-0.2, -0.15) is 0 Å². The number of amides is 1. The van der Waals surface area contributed by atoms with Crippen LogP contribution in [0.2, 0.25) is 0 Å². The quantitative estimate of drug-likeness (QED) is 0.519. The molecule has 1 aromatic carbocycles. The lowest BCUT2D eigenvalue weighted by molar-refractivity contribution is -0.119. The Hall–Kier alpha value is -2.04. The topological polar surface area (TPSA) is 79.5 Å². The van der Waals surface area contributed by atoms with Gasteiger partial charge in [-0.25, -0.2) is 4.99 Å². The summed E-state index contributed by atoms with van der Waals surface area (Å²) >= 11 is 0. The number of guanidine groups is 1. The summed E-state index contributed by atoms with van der Waals surface area (Å²) in [4.78, 5) is 15.5. The van der Waals surface area contributed by atoms with Gasteiger partial charge in [0.1, 0.15) is 6.54 Å². The maximum absolute atomic E-state index is 11.5. The number of nitrogens with one attached hydrogen (secondary N) is 2. The average molecular weight is 246 g/mol. The van der Waals surface area contributed by atoms with Crippen LogP contribution in [0.25, 0.3) is 0 Å². The zero-order valence-electron chi connectivity index (χ0n) is 10.2. The SMILES string of the molecule is NC(=NCC(=O)NCc1ccccc1)NC1CC1. The number of nitrogens with two attached hydrogens (primary N) is 1. The number of benzene rings is 1. The van der Waals surface area contributed by atoms with Gasteiger partial charge >= 0.3 is 0 Å². The van der Waals surface area contributed by atoms with Crippen molar-refractivity contribution in [2.75, 3.05) is 6.54 Å². The molecule has 5 nitrogen and oxygen atoms in total. The molecular formula is C13H18N4O. The molecule has 0 bridgehead atoms. The number of nitrogens with zero attached hydrogens (tertiary/aromatic N) is 1. The second kappa shape index (κ2) is 6.05. The van der Waals surface area contributed by atoms with Crippen LogP contribution in [0, 0.1) is 0 Å². The van der Waals surface area contributed by atoms with Gasteiger partial charge in [0.05, 0.1) is 0 Å². The molecular weight excluding hydrogens is 228 g/mol. The van der Waals surface area contributed by atoms with Crippen molar-refractivity contribution in [3.05, 3.63) is 35.9 Å². The first-order valence-electron chi connectivity index (χ1n) is 6.11. The molecule has 4 N–H and O–H groups in total. The van der Waals surface area contributed by atoms with Gasteiger partial charge in [0, 0.05) is 12.6 Å². The van der Waals surface area contributed by atoms with Gasteiger partial charge in [-0.15, -0.1) is 0 Å². The first-order chi connectivity index (χ1) is 8.74. The molecule has 1 amide bonds. The maximum atomic E-state index is 11.5. The van der Waals surface area contributed by atoms with Gasteiger partial charge < -0.3 is 16.4 Å². The average Bonchev–Trinajstić information content (AvgIpc) is 3.19. The fraction of sp³-hybridized carbons (Fsp3) is 0.385. The van der Waals surface area contributed by atoms with E-state index >= 15 is 0 Å². The molecule has 18 heavy (non-hydrogen) atoms. The van der Waals surface area contributed by atoms with E-state index in [2.05, 4.69) is 15.6 Å². The Morgan fingerprint density at radius 2 is 2.06 bits per heavy atom. The molecule has 0 heterocycles. The number of aliphatic imine (C=N–C) groups is 1. The molecule has 0 aromatic heterocycles. The summed E-state index contributed by atoms with van der Waals surface area (Å²) in [6, 6.07) is 10.2. The van der Waals surface area contributed by atoms with E-state index in [1.165, 1.54) is 0 Å². The van der Waals surface area contributed by atoms with Crippen molar-refractivity contribution in [1.29, 1.82) is 0 Å². The lowest BCUT2D eigenvalue weighted by Crippen LogP contribution is -2.35. The van der Waals surface area contributed by atoms with Crippen molar-refractivity contribution in [1.82, 2.24) is 10.6 Å². The van der Waals surface area contributed by atoms with E-state index in [0.717, 1.165) is 18.4 Å². The fourth-order valence-electron chi connectivity index (χ4n) is 1.49. The summed E-state index contributed by atoms with van der Waals surface area (Å²) < 4.78 is 0. The van der Waals surface area contributed by atoms with E-state index in [4.69, 9.17) is 5.73 Å². The van der Waals surface area contributed by atoms with Crippen LogP contribution in [0.15, 0.2) is 35.3 Å². The Morgan fingerprint density at radius 3 is 2.72 bits per heavy atom. The Morgan fingerprint density at radius 1 is 1.33 bits per heavy atom. The summed E-state index contributed by atoms with van der Waals surface area (Å²) in [5, 5.41) is 5.82. The third-order valence-corrected chi connectivity index (χ3v) is 2.65. The maximum Gasteiger partial charge on any atom is 0.242 e. The normalized spacial score (nSPS) is 15.2. The van der Waals surface area contributed by atoms with Gasteiger partial charge in [-0.05, 0) is 18.4 Å². The van der Waals surface area contributed by atoms with Crippen molar-refractivity contribution in [3.63, 3.8) is 0 Å². The van der Waals surface area contributed by atoms with Crippen LogP contribution in [0.3, 0.4) is 0 Å². The van der Waals surface area contributed by atoms with Gasteiger partial charge in [0.2, 0.25) is 5.91 Å². The van der Waals surface area contributed by atoms with E-state index < -0.39 is 0 Å². The summed E-state index contributed by atoms with van der Waals surface area (Å²) in [7, 11) is 0. The molecule has 5 heteroatoms. The number of hydrogen-bond donors (Lipinski definition) is 3. The highest BCUT2D eigenvalue weighted by atomic mass is 16.1. The molecule has 1 saturated carbocycles. The summed E-state index contributed by atoms with van der Waals surface area (Å²) in [6.45, 7) is 0.587. The molecule has 1 aliphatic rings. The molecule has 96 valence electrons. The third kappa shape index (κ3) is 4.45. The highest BCUT2D eigenvalue weighted by Crippen LogP contribution is 2.17. The molecule has 0 unspecified atom stereocenters. The van der Waals surface area contributed by atoms with Gasteiger partial charge in [0.25, 0.3) is 0 Å². The third-order valence-electron chi connectivity index (χ3n) is 2.65. The molecule has 1 fully saturated rings. The van der Waals surface area contributed by atoms with Gasteiger partial charge in [-0.3, -0.25) is 4.79 Å². The molecule has 0 aliphatic heterocycles. The second-order valence-corrected chi connectivity index (χ2v) is 4.38. The van der Waals surface area contributed by atoms with Crippen LogP contribution < -0.4 is 16.4 Å². The van der Waals surface area contributed by atoms with Crippen molar-refractivity contribution < 1.29 is 4.79 Å². The predicted molar refractivity (Wildman–Crippen MR) is 70.9 cm³/mol. The minimum Gasteiger partial charge on any atom is -0.370 e. The van der Waals surface area contributed by atoms with E-state index in [1.54, 1.807) is 0 Å². The number of carbonyl (C=O) groups excluding carboxylic acids is 1. The van der Waals surface area contributed by atoms with Crippen molar-refractivity contribution in [2.24, 2.45) is 10.7 Å². The minimum atomic E-state index is -0.126. The zero-order chi connectivity index (χ0) is 12.8. The van der Waals surface area contributed by atoms with Crippen molar-refractivity contribution in [2.45, 2.75) is 25.4 Å². The Balaban J connectivity index is 1.68. The molecule has 0 saturated heterocycles. The van der Waals surface area contributed by atoms with Crippen LogP contribution in [0.4, 0.5) is 0 Å². The number of carbonyl (C=O) groups is 1. The van der Waals surface area contributed by atoms with Crippen LogP contribution in [0.5, 0.6) is 0 Å². The summed E-state index contributed by atoms with van der Waals surface area (Å²) in [5.41, 5.74) is 6.70. The fourth-order valence-corrected chi connectivity index (χ4v) is 1.49. The summed E-state index contributed by atoms with van der Waals surface area (Å²) in [5.74, 6) is 0.228. The van der Waals surface area contributed by atoms with Crippen LogP contribution in [0.1, 0.15) is 18.4 Å². The lowest BCUT2D eigenvalue weighted by Gasteiger charge is -2.05. The van der Waals surface area contributed by atoms with Crippen molar-refractivity contribution >= 4 is 11.9 Å². The Kier molecular flexibility index (Phi) is 4.17. The van der Waals surface area contributed by atoms with Crippen LogP contribution >= 0.6 is 0 Å². The lowest BCUT2D eigenvalue weighted by atomic mass is 10.2. The zero-order valence-corrected chi connectivity index (χ0v) is 10.2. The van der Waals surface area contributed by atoms with Crippen LogP contribution in [-0.2, 0) is 11.3 Å². The first-order valence-corrected chi connectivity index (χ1v) is 6.11. The monoisotopic (exact) mass is 246 g/mol. The smallest absolute Gasteiger partial charge is 0.242 e. The van der Waals surface area contributed by atoms with Crippen molar-refractivity contribution in [3.8, 4) is 0 Å². The second-order valence-electron chi connectivity index (χ2n) is 4.38. The molecule has 1 aliphatic carbocycles. The predicted octanol–water partition coefficient (Wildman–Crippen LogP) is 0.369. The molecule has 0 atom stereocenters. The first kappa shape index (κ1) is 12.4. The standard InChI is InChI=1S/C13H18N4O/c14-13(17-11-6-7-11)16-9-12(18)15-8-10-4-2-1-3-5-10/h1-5,11H,6-9H2,(H,15,18)(H3,14,16,17). The summed E-state index contributed by atoms with van der Waals surface area (Å²) in [6.07, 6.45) is 2.27. The van der Waals surface area contributed by atoms with Crippen LogP contribution in [-0.4, -0.2) is 24.5 Å². The highest BCUT2D eigenvalue weighted by molar-refractivity contribution is 5.84. The Labute approximate surface area is 106 Å². The van der Waals surface area contributed by atoms with Gasteiger partial charge in [0.15, 0.2) is 5.96 Å². The van der Waals surface area contributed by atoms with E-state index in [9.17, 15) is 4.79 Å². The molecule has 0 spiro atoms. The minimum absolute atomic E-state index is 0.0678. The molecule has 2 rings (SSSR count). The largest absolute Gasteiger partial charge is 0.370 e. The van der Waals surface area contributed by atoms with Gasteiger partial charge in [-0.1, -0.05) is 30.3 Å². The Bertz CT molecular complexity index is 426.